The van der Waals surface area contributed by atoms with Crippen molar-refractivity contribution in [3.63, 3.8) is 0 Å². The lowest BCUT2D eigenvalue weighted by Gasteiger charge is -2.21. The van der Waals surface area contributed by atoms with Crippen molar-refractivity contribution < 1.29 is 4.79 Å². The van der Waals surface area contributed by atoms with Gasteiger partial charge in [0.25, 0.3) is 0 Å². The van der Waals surface area contributed by atoms with Crippen molar-refractivity contribution in [1.29, 1.82) is 0 Å². The van der Waals surface area contributed by atoms with E-state index in [-0.39, 0.29) is 5.91 Å². The minimum atomic E-state index is 0.196. The molecule has 1 amide bonds. The highest BCUT2D eigenvalue weighted by Gasteiger charge is 2.23. The van der Waals surface area contributed by atoms with Crippen LogP contribution >= 0.6 is 23.2 Å². The smallest absolute Gasteiger partial charge is 0.222 e. The Morgan fingerprint density at radius 1 is 1.35 bits per heavy atom. The molecule has 5 heteroatoms. The molecule has 1 aliphatic rings. The lowest BCUT2D eigenvalue weighted by molar-refractivity contribution is -0.131. The fraction of sp³-hybridized carbons (Fsp3) is 0.600. The van der Waals surface area contributed by atoms with Crippen molar-refractivity contribution in [3.8, 4) is 0 Å². The number of likely N-dealkylation sites (tertiary alicyclic amines) is 1. The van der Waals surface area contributed by atoms with Crippen LogP contribution in [0.2, 0.25) is 10.2 Å². The van der Waals surface area contributed by atoms with Gasteiger partial charge in [-0.05, 0) is 30.9 Å². The topological polar surface area (TPSA) is 33.2 Å². The monoisotopic (exact) mass is 314 g/mol. The van der Waals surface area contributed by atoms with Crippen LogP contribution in [0.25, 0.3) is 0 Å². The Balaban J connectivity index is 2.04. The van der Waals surface area contributed by atoms with Gasteiger partial charge in [-0.1, -0.05) is 43.0 Å². The Hall–Kier alpha value is -0.800. The number of aromatic nitrogens is 1. The molecule has 2 rings (SSSR count). The Labute approximate surface area is 130 Å². The van der Waals surface area contributed by atoms with E-state index < -0.39 is 0 Å². The minimum Gasteiger partial charge on any atom is -0.337 e. The van der Waals surface area contributed by atoms with Crippen molar-refractivity contribution in [2.45, 2.75) is 45.6 Å². The van der Waals surface area contributed by atoms with E-state index in [1.54, 1.807) is 12.1 Å². The Kier molecular flexibility index (Phi) is 5.67. The first-order chi connectivity index (χ1) is 9.60. The maximum Gasteiger partial charge on any atom is 0.222 e. The highest BCUT2D eigenvalue weighted by molar-refractivity contribution is 6.32. The van der Waals surface area contributed by atoms with Crippen molar-refractivity contribution in [2.24, 2.45) is 5.92 Å². The van der Waals surface area contributed by atoms with Gasteiger partial charge >= 0.3 is 0 Å². The van der Waals surface area contributed by atoms with E-state index in [1.165, 1.54) is 12.8 Å². The molecule has 3 nitrogen and oxygen atoms in total. The number of hydrogen-bond donors (Lipinski definition) is 0. The number of halogens is 2. The maximum atomic E-state index is 12.2. The number of amides is 1. The Morgan fingerprint density at radius 3 is 2.90 bits per heavy atom. The molecule has 0 radical (unpaired) electrons. The second-order valence-electron chi connectivity index (χ2n) is 5.36. The summed E-state index contributed by atoms with van der Waals surface area (Å²) in [6, 6.07) is 3.39. The average Bonchev–Trinajstić information content (AvgIpc) is 2.59. The Morgan fingerprint density at radius 2 is 2.15 bits per heavy atom. The van der Waals surface area contributed by atoms with Crippen LogP contribution in [-0.2, 0) is 11.3 Å². The molecule has 1 aliphatic heterocycles. The van der Waals surface area contributed by atoms with Gasteiger partial charge in [0.2, 0.25) is 5.91 Å². The molecule has 2 heterocycles. The summed E-state index contributed by atoms with van der Waals surface area (Å²) in [4.78, 5) is 18.3. The number of hydrogen-bond acceptors (Lipinski definition) is 2. The zero-order chi connectivity index (χ0) is 14.5. The molecule has 0 saturated carbocycles. The third-order valence-electron chi connectivity index (χ3n) is 3.85. The molecule has 1 fully saturated rings. The van der Waals surface area contributed by atoms with Crippen LogP contribution in [0.15, 0.2) is 12.1 Å². The van der Waals surface area contributed by atoms with E-state index >= 15 is 0 Å². The first kappa shape index (κ1) is 15.6. The predicted octanol–water partition coefficient (Wildman–Crippen LogP) is 4.32. The first-order valence-electron chi connectivity index (χ1n) is 7.19. The quantitative estimate of drug-likeness (QED) is 0.775. The third kappa shape index (κ3) is 4.10. The summed E-state index contributed by atoms with van der Waals surface area (Å²) in [6.45, 7) is 3.44. The molecule has 1 saturated heterocycles. The highest BCUT2D eigenvalue weighted by Crippen LogP contribution is 2.25. The van der Waals surface area contributed by atoms with E-state index in [0.717, 1.165) is 19.4 Å². The number of carbonyl (C=O) groups excluding carboxylic acids is 1. The summed E-state index contributed by atoms with van der Waals surface area (Å²) >= 11 is 12.0. The van der Waals surface area contributed by atoms with Crippen LogP contribution < -0.4 is 0 Å². The molecule has 20 heavy (non-hydrogen) atoms. The maximum absolute atomic E-state index is 12.2. The molecule has 1 aromatic rings. The summed E-state index contributed by atoms with van der Waals surface area (Å²) in [6.07, 6.45) is 5.08. The van der Waals surface area contributed by atoms with Crippen molar-refractivity contribution in [1.82, 2.24) is 9.88 Å². The van der Waals surface area contributed by atoms with Gasteiger partial charge in [-0.2, -0.15) is 0 Å². The lowest BCUT2D eigenvalue weighted by atomic mass is 9.96. The van der Waals surface area contributed by atoms with Gasteiger partial charge in [-0.3, -0.25) is 4.79 Å². The van der Waals surface area contributed by atoms with Gasteiger partial charge in [0.05, 0.1) is 17.3 Å². The van der Waals surface area contributed by atoms with Crippen LogP contribution in [0, 0.1) is 5.92 Å². The van der Waals surface area contributed by atoms with E-state index in [0.29, 0.717) is 34.8 Å². The van der Waals surface area contributed by atoms with E-state index in [4.69, 9.17) is 23.2 Å². The van der Waals surface area contributed by atoms with Gasteiger partial charge in [-0.25, -0.2) is 4.98 Å². The fourth-order valence-electron chi connectivity index (χ4n) is 2.71. The summed E-state index contributed by atoms with van der Waals surface area (Å²) < 4.78 is 0. The number of carbonyl (C=O) groups is 1. The van der Waals surface area contributed by atoms with E-state index in [2.05, 4.69) is 11.9 Å². The van der Waals surface area contributed by atoms with Crippen LogP contribution in [0.1, 0.15) is 44.7 Å². The largest absolute Gasteiger partial charge is 0.337 e. The zero-order valence-corrected chi connectivity index (χ0v) is 13.3. The van der Waals surface area contributed by atoms with Gasteiger partial charge in [0, 0.05) is 13.0 Å². The number of rotatable bonds is 4. The van der Waals surface area contributed by atoms with Crippen molar-refractivity contribution in [2.75, 3.05) is 6.54 Å². The van der Waals surface area contributed by atoms with Crippen LogP contribution in [0.5, 0.6) is 0 Å². The molecular formula is C15H20Cl2N2O. The molecule has 1 unspecified atom stereocenters. The SMILES string of the molecule is CCCC1CCC(=O)N(Cc2nc(Cl)ccc2Cl)CC1. The van der Waals surface area contributed by atoms with Crippen LogP contribution in [0.4, 0.5) is 0 Å². The van der Waals surface area contributed by atoms with E-state index in [1.807, 2.05) is 4.90 Å². The van der Waals surface area contributed by atoms with E-state index in [9.17, 15) is 4.79 Å². The molecule has 1 aromatic heterocycles. The molecule has 110 valence electrons. The summed E-state index contributed by atoms with van der Waals surface area (Å²) in [5.74, 6) is 0.859. The highest BCUT2D eigenvalue weighted by atomic mass is 35.5. The predicted molar refractivity (Wildman–Crippen MR) is 81.9 cm³/mol. The minimum absolute atomic E-state index is 0.196. The third-order valence-corrected chi connectivity index (χ3v) is 4.40. The van der Waals surface area contributed by atoms with Gasteiger partial charge in [0.1, 0.15) is 5.15 Å². The first-order valence-corrected chi connectivity index (χ1v) is 7.94. The summed E-state index contributed by atoms with van der Waals surface area (Å²) in [5.41, 5.74) is 0.682. The molecule has 0 bridgehead atoms. The molecule has 0 aromatic carbocycles. The summed E-state index contributed by atoms with van der Waals surface area (Å²) in [5, 5.41) is 0.979. The lowest BCUT2D eigenvalue weighted by Crippen LogP contribution is -2.30. The number of nitrogens with zero attached hydrogens (tertiary/aromatic N) is 2. The average molecular weight is 315 g/mol. The van der Waals surface area contributed by atoms with Gasteiger partial charge in [-0.15, -0.1) is 0 Å². The zero-order valence-electron chi connectivity index (χ0n) is 11.7. The number of pyridine rings is 1. The molecule has 0 aliphatic carbocycles. The molecule has 0 N–H and O–H groups in total. The molecule has 1 atom stereocenters. The summed E-state index contributed by atoms with van der Waals surface area (Å²) in [7, 11) is 0. The van der Waals surface area contributed by atoms with Crippen LogP contribution in [0.3, 0.4) is 0 Å². The second-order valence-corrected chi connectivity index (χ2v) is 6.15. The fourth-order valence-corrected chi connectivity index (χ4v) is 3.04. The normalized spacial score (nSPS) is 20.1. The van der Waals surface area contributed by atoms with Crippen molar-refractivity contribution >= 4 is 29.1 Å². The standard InChI is InChI=1S/C15H20Cl2N2O/c1-2-3-11-4-7-15(20)19(9-8-11)10-13-12(16)5-6-14(17)18-13/h5-6,11H,2-4,7-10H2,1H3. The second kappa shape index (κ2) is 7.28. The van der Waals surface area contributed by atoms with Crippen LogP contribution in [-0.4, -0.2) is 22.3 Å². The van der Waals surface area contributed by atoms with Gasteiger partial charge < -0.3 is 4.90 Å². The Bertz CT molecular complexity index is 479. The molecule has 0 spiro atoms. The molecular weight excluding hydrogens is 295 g/mol. The van der Waals surface area contributed by atoms with Gasteiger partial charge in [0.15, 0.2) is 0 Å². The van der Waals surface area contributed by atoms with Crippen molar-refractivity contribution in [3.05, 3.63) is 28.0 Å².